The summed E-state index contributed by atoms with van der Waals surface area (Å²) in [6.07, 6.45) is 1.58. The maximum Gasteiger partial charge on any atom is 0.138 e. The Morgan fingerprint density at radius 3 is 2.42 bits per heavy atom. The van der Waals surface area contributed by atoms with Gasteiger partial charge in [-0.3, -0.25) is 0 Å². The van der Waals surface area contributed by atoms with Gasteiger partial charge >= 0.3 is 0 Å². The van der Waals surface area contributed by atoms with E-state index in [-0.39, 0.29) is 0 Å². The number of nitrogens with two attached hydrogens (primary N) is 1. The molecular weight excluding hydrogens is 238 g/mol. The van der Waals surface area contributed by atoms with E-state index in [2.05, 4.69) is 9.97 Å². The largest absolute Gasteiger partial charge is 0.358 e. The van der Waals surface area contributed by atoms with E-state index in [9.17, 15) is 0 Å². The molecule has 2 N–H and O–H groups in total. The lowest BCUT2D eigenvalue weighted by molar-refractivity contribution is 0.863. The van der Waals surface area contributed by atoms with Gasteiger partial charge < -0.3 is 15.5 Å². The van der Waals surface area contributed by atoms with Crippen LogP contribution in [0, 0.1) is 0 Å². The number of benzene rings is 1. The third-order valence-corrected chi connectivity index (χ3v) is 2.98. The Morgan fingerprint density at radius 1 is 1.05 bits per heavy atom. The zero-order valence-electron chi connectivity index (χ0n) is 11.3. The number of para-hydroxylation sites is 1. The quantitative estimate of drug-likeness (QED) is 0.882. The average molecular weight is 257 g/mol. The molecule has 0 radical (unpaired) electrons. The van der Waals surface area contributed by atoms with Gasteiger partial charge in [0.15, 0.2) is 0 Å². The number of anilines is 3. The normalized spacial score (nSPS) is 10.3. The highest BCUT2D eigenvalue weighted by molar-refractivity contribution is 5.61. The van der Waals surface area contributed by atoms with Gasteiger partial charge in [0, 0.05) is 38.9 Å². The summed E-state index contributed by atoms with van der Waals surface area (Å²) in [4.78, 5) is 12.6. The smallest absolute Gasteiger partial charge is 0.138 e. The van der Waals surface area contributed by atoms with Crippen molar-refractivity contribution in [3.05, 3.63) is 42.7 Å². The van der Waals surface area contributed by atoms with E-state index in [4.69, 9.17) is 5.73 Å². The summed E-state index contributed by atoms with van der Waals surface area (Å²) in [5.41, 5.74) is 6.65. The third kappa shape index (κ3) is 3.20. The van der Waals surface area contributed by atoms with Crippen LogP contribution in [0.3, 0.4) is 0 Å². The summed E-state index contributed by atoms with van der Waals surface area (Å²) >= 11 is 0. The topological polar surface area (TPSA) is 58.3 Å². The molecule has 0 unspecified atom stereocenters. The number of hydrogen-bond donors (Lipinski definition) is 1. The van der Waals surface area contributed by atoms with Crippen LogP contribution in [-0.4, -0.2) is 37.2 Å². The third-order valence-electron chi connectivity index (χ3n) is 2.98. The van der Waals surface area contributed by atoms with Crippen molar-refractivity contribution in [2.75, 3.05) is 37.0 Å². The van der Waals surface area contributed by atoms with Crippen LogP contribution in [0.15, 0.2) is 42.7 Å². The number of nitrogens with zero attached hydrogens (tertiary/aromatic N) is 4. The fourth-order valence-electron chi connectivity index (χ4n) is 1.82. The van der Waals surface area contributed by atoms with Crippen molar-refractivity contribution in [1.29, 1.82) is 0 Å². The van der Waals surface area contributed by atoms with Crippen LogP contribution < -0.4 is 15.5 Å². The summed E-state index contributed by atoms with van der Waals surface area (Å²) in [5.74, 6) is 1.73. The van der Waals surface area contributed by atoms with E-state index in [0.717, 1.165) is 23.9 Å². The fourth-order valence-corrected chi connectivity index (χ4v) is 1.82. The van der Waals surface area contributed by atoms with Gasteiger partial charge in [-0.1, -0.05) is 18.2 Å². The van der Waals surface area contributed by atoms with E-state index in [0.29, 0.717) is 6.54 Å². The molecule has 0 saturated carbocycles. The van der Waals surface area contributed by atoms with E-state index in [1.54, 1.807) is 6.33 Å². The summed E-state index contributed by atoms with van der Waals surface area (Å²) < 4.78 is 0. The van der Waals surface area contributed by atoms with Crippen LogP contribution >= 0.6 is 0 Å². The first-order valence-electron chi connectivity index (χ1n) is 6.24. The van der Waals surface area contributed by atoms with Gasteiger partial charge in [0.2, 0.25) is 0 Å². The van der Waals surface area contributed by atoms with Crippen LogP contribution in [0.4, 0.5) is 17.3 Å². The molecule has 19 heavy (non-hydrogen) atoms. The molecule has 0 fully saturated rings. The molecule has 1 aromatic carbocycles. The molecule has 0 aliphatic rings. The Balaban J connectivity index is 2.23. The second kappa shape index (κ2) is 6.15. The average Bonchev–Trinajstić information content (AvgIpc) is 2.48. The number of likely N-dealkylation sites (N-methyl/N-ethyl adjacent to an activating group) is 1. The molecule has 5 heteroatoms. The Kier molecular flexibility index (Phi) is 4.30. The second-order valence-electron chi connectivity index (χ2n) is 4.34. The highest BCUT2D eigenvalue weighted by atomic mass is 15.2. The number of rotatable bonds is 5. The molecular formula is C14H19N5. The molecule has 0 aliphatic carbocycles. The Morgan fingerprint density at radius 2 is 1.74 bits per heavy atom. The highest BCUT2D eigenvalue weighted by Crippen LogP contribution is 2.23. The minimum atomic E-state index is 0.602. The van der Waals surface area contributed by atoms with Crippen molar-refractivity contribution >= 4 is 17.3 Å². The zero-order valence-corrected chi connectivity index (χ0v) is 11.3. The van der Waals surface area contributed by atoms with Gasteiger partial charge in [0.1, 0.15) is 18.0 Å². The molecule has 0 atom stereocenters. The first-order chi connectivity index (χ1) is 9.22. The molecule has 2 rings (SSSR count). The van der Waals surface area contributed by atoms with Crippen molar-refractivity contribution < 1.29 is 0 Å². The van der Waals surface area contributed by atoms with Crippen molar-refractivity contribution in [3.63, 3.8) is 0 Å². The molecule has 1 aromatic heterocycles. The highest BCUT2D eigenvalue weighted by Gasteiger charge is 2.08. The first-order valence-corrected chi connectivity index (χ1v) is 6.24. The maximum atomic E-state index is 5.56. The Hall–Kier alpha value is -2.14. The van der Waals surface area contributed by atoms with Crippen LogP contribution in [0.2, 0.25) is 0 Å². The van der Waals surface area contributed by atoms with E-state index < -0.39 is 0 Å². The summed E-state index contributed by atoms with van der Waals surface area (Å²) in [5, 5.41) is 0. The number of hydrogen-bond acceptors (Lipinski definition) is 5. The summed E-state index contributed by atoms with van der Waals surface area (Å²) in [7, 11) is 3.96. The Labute approximate surface area is 113 Å². The minimum Gasteiger partial charge on any atom is -0.358 e. The lowest BCUT2D eigenvalue weighted by Crippen LogP contribution is -2.26. The molecule has 0 saturated heterocycles. The van der Waals surface area contributed by atoms with Gasteiger partial charge in [0.25, 0.3) is 0 Å². The standard InChI is InChI=1S/C14H19N5/c1-18(9-8-15)13-10-14(17-11-16-13)19(2)12-6-4-3-5-7-12/h3-7,10-11H,8-9,15H2,1-2H3. The van der Waals surface area contributed by atoms with Crippen LogP contribution in [0.25, 0.3) is 0 Å². The number of aromatic nitrogens is 2. The second-order valence-corrected chi connectivity index (χ2v) is 4.34. The van der Waals surface area contributed by atoms with Crippen molar-refractivity contribution in [3.8, 4) is 0 Å². The predicted molar refractivity (Wildman–Crippen MR) is 78.9 cm³/mol. The fraction of sp³-hybridized carbons (Fsp3) is 0.286. The molecule has 100 valence electrons. The molecule has 5 nitrogen and oxygen atoms in total. The molecule has 0 aliphatic heterocycles. The van der Waals surface area contributed by atoms with Crippen LogP contribution in [0.1, 0.15) is 0 Å². The van der Waals surface area contributed by atoms with Gasteiger partial charge in [0.05, 0.1) is 0 Å². The van der Waals surface area contributed by atoms with E-state index in [1.807, 2.05) is 60.3 Å². The van der Waals surface area contributed by atoms with E-state index >= 15 is 0 Å². The molecule has 1 heterocycles. The Bertz CT molecular complexity index is 514. The van der Waals surface area contributed by atoms with Crippen LogP contribution in [0.5, 0.6) is 0 Å². The van der Waals surface area contributed by atoms with Crippen molar-refractivity contribution in [2.24, 2.45) is 5.73 Å². The SMILES string of the molecule is CN(CCN)c1cc(N(C)c2ccccc2)ncn1. The van der Waals surface area contributed by atoms with E-state index in [1.165, 1.54) is 0 Å². The zero-order chi connectivity index (χ0) is 13.7. The minimum absolute atomic E-state index is 0.602. The predicted octanol–water partition coefficient (Wildman–Crippen LogP) is 1.64. The van der Waals surface area contributed by atoms with Crippen LogP contribution in [-0.2, 0) is 0 Å². The monoisotopic (exact) mass is 257 g/mol. The molecule has 0 amide bonds. The lowest BCUT2D eigenvalue weighted by Gasteiger charge is -2.21. The first kappa shape index (κ1) is 13.3. The van der Waals surface area contributed by atoms with Gasteiger partial charge in [-0.15, -0.1) is 0 Å². The summed E-state index contributed by atoms with van der Waals surface area (Å²) in [6, 6.07) is 12.1. The lowest BCUT2D eigenvalue weighted by atomic mass is 10.3. The van der Waals surface area contributed by atoms with Crippen molar-refractivity contribution in [2.45, 2.75) is 0 Å². The summed E-state index contributed by atoms with van der Waals surface area (Å²) in [6.45, 7) is 1.37. The van der Waals surface area contributed by atoms with Crippen molar-refractivity contribution in [1.82, 2.24) is 9.97 Å². The van der Waals surface area contributed by atoms with Gasteiger partial charge in [-0.25, -0.2) is 9.97 Å². The maximum absolute atomic E-state index is 5.56. The molecule has 2 aromatic rings. The van der Waals surface area contributed by atoms with Gasteiger partial charge in [-0.05, 0) is 12.1 Å². The molecule has 0 spiro atoms. The molecule has 0 bridgehead atoms. The van der Waals surface area contributed by atoms with Gasteiger partial charge in [-0.2, -0.15) is 0 Å².